The minimum atomic E-state index is -0.368. The fourth-order valence-corrected chi connectivity index (χ4v) is 2.33. The standard InChI is InChI=1S/C14H9Cl2N3O/c15-10-6-2-1-5-9(10)13-17-14(20)19(18-13)12-8-4-3-7-11(12)16/h1-8H,(H,17,18,20). The highest BCUT2D eigenvalue weighted by Crippen LogP contribution is 2.24. The lowest BCUT2D eigenvalue weighted by atomic mass is 10.2. The second kappa shape index (κ2) is 5.15. The van der Waals surface area contributed by atoms with Crippen LogP contribution in [-0.4, -0.2) is 14.8 Å². The van der Waals surface area contributed by atoms with Gasteiger partial charge in [0.15, 0.2) is 5.82 Å². The first-order valence-electron chi connectivity index (χ1n) is 5.86. The van der Waals surface area contributed by atoms with Crippen LogP contribution in [0, 0.1) is 0 Å². The second-order valence-corrected chi connectivity index (χ2v) is 4.94. The largest absolute Gasteiger partial charge is 0.348 e. The monoisotopic (exact) mass is 305 g/mol. The van der Waals surface area contributed by atoms with E-state index >= 15 is 0 Å². The molecule has 0 unspecified atom stereocenters. The first-order valence-corrected chi connectivity index (χ1v) is 6.61. The van der Waals surface area contributed by atoms with Crippen LogP contribution in [0.1, 0.15) is 0 Å². The first kappa shape index (κ1) is 13.0. The summed E-state index contributed by atoms with van der Waals surface area (Å²) in [7, 11) is 0. The number of hydrogen-bond donors (Lipinski definition) is 1. The first-order chi connectivity index (χ1) is 9.66. The van der Waals surface area contributed by atoms with E-state index in [-0.39, 0.29) is 5.69 Å². The Balaban J connectivity index is 2.16. The molecule has 0 aliphatic heterocycles. The third-order valence-electron chi connectivity index (χ3n) is 2.83. The predicted molar refractivity (Wildman–Crippen MR) is 79.6 cm³/mol. The van der Waals surface area contributed by atoms with Gasteiger partial charge in [-0.3, -0.25) is 4.98 Å². The number of aromatic amines is 1. The zero-order valence-electron chi connectivity index (χ0n) is 10.2. The number of nitrogens with zero attached hydrogens (tertiary/aromatic N) is 2. The summed E-state index contributed by atoms with van der Waals surface area (Å²) in [6.45, 7) is 0. The van der Waals surface area contributed by atoms with Crippen LogP contribution in [-0.2, 0) is 0 Å². The lowest BCUT2D eigenvalue weighted by Crippen LogP contribution is -2.16. The van der Waals surface area contributed by atoms with Gasteiger partial charge in [-0.1, -0.05) is 47.5 Å². The summed E-state index contributed by atoms with van der Waals surface area (Å²) in [6.07, 6.45) is 0. The predicted octanol–water partition coefficient (Wildman–Crippen LogP) is 3.53. The normalized spacial score (nSPS) is 10.7. The number of halogens is 2. The maximum Gasteiger partial charge on any atom is 0.348 e. The van der Waals surface area contributed by atoms with Crippen molar-refractivity contribution >= 4 is 23.2 Å². The van der Waals surface area contributed by atoms with Gasteiger partial charge in [0, 0.05) is 5.56 Å². The number of aromatic nitrogens is 3. The molecule has 0 amide bonds. The Hall–Kier alpha value is -2.04. The zero-order chi connectivity index (χ0) is 14.1. The molecule has 0 saturated heterocycles. The van der Waals surface area contributed by atoms with Crippen LogP contribution in [0.15, 0.2) is 53.3 Å². The molecule has 0 fully saturated rings. The third kappa shape index (κ3) is 2.24. The minimum absolute atomic E-state index is 0.368. The average Bonchev–Trinajstić information content (AvgIpc) is 2.81. The van der Waals surface area contributed by atoms with Crippen molar-refractivity contribution in [3.63, 3.8) is 0 Å². The van der Waals surface area contributed by atoms with Crippen LogP contribution < -0.4 is 5.69 Å². The van der Waals surface area contributed by atoms with Gasteiger partial charge in [0.1, 0.15) is 0 Å². The fourth-order valence-electron chi connectivity index (χ4n) is 1.89. The van der Waals surface area contributed by atoms with E-state index in [4.69, 9.17) is 23.2 Å². The molecule has 4 nitrogen and oxygen atoms in total. The lowest BCUT2D eigenvalue weighted by molar-refractivity contribution is 0.845. The van der Waals surface area contributed by atoms with Crippen LogP contribution in [0.3, 0.4) is 0 Å². The molecule has 1 heterocycles. The average molecular weight is 306 g/mol. The van der Waals surface area contributed by atoms with Crippen molar-refractivity contribution in [2.24, 2.45) is 0 Å². The van der Waals surface area contributed by atoms with Crippen LogP contribution in [0.5, 0.6) is 0 Å². The van der Waals surface area contributed by atoms with Crippen LogP contribution in [0.25, 0.3) is 17.1 Å². The molecule has 0 saturated carbocycles. The van der Waals surface area contributed by atoms with Crippen molar-refractivity contribution in [1.82, 2.24) is 14.8 Å². The molecule has 1 N–H and O–H groups in total. The number of hydrogen-bond acceptors (Lipinski definition) is 2. The van der Waals surface area contributed by atoms with Gasteiger partial charge in [-0.2, -0.15) is 4.68 Å². The van der Waals surface area contributed by atoms with E-state index in [9.17, 15) is 4.79 Å². The highest BCUT2D eigenvalue weighted by Gasteiger charge is 2.12. The molecule has 20 heavy (non-hydrogen) atoms. The molecule has 0 bridgehead atoms. The van der Waals surface area contributed by atoms with Crippen molar-refractivity contribution < 1.29 is 0 Å². The maximum absolute atomic E-state index is 12.0. The molecule has 0 radical (unpaired) electrons. The molecule has 0 aliphatic rings. The molecule has 6 heteroatoms. The Morgan fingerprint density at radius 1 is 0.950 bits per heavy atom. The summed E-state index contributed by atoms with van der Waals surface area (Å²) in [5.74, 6) is 0.403. The van der Waals surface area contributed by atoms with Gasteiger partial charge in [0.25, 0.3) is 0 Å². The van der Waals surface area contributed by atoms with Gasteiger partial charge in [-0.05, 0) is 24.3 Å². The number of nitrogens with one attached hydrogen (secondary N) is 1. The van der Waals surface area contributed by atoms with E-state index in [1.54, 1.807) is 36.4 Å². The van der Waals surface area contributed by atoms with E-state index < -0.39 is 0 Å². The molecule has 0 aliphatic carbocycles. The molecule has 3 rings (SSSR count). The summed E-state index contributed by atoms with van der Waals surface area (Å²) < 4.78 is 1.22. The SMILES string of the molecule is O=c1[nH]c(-c2ccccc2Cl)nn1-c1ccccc1Cl. The van der Waals surface area contributed by atoms with Crippen molar-refractivity contribution in [1.29, 1.82) is 0 Å². The number of benzene rings is 2. The summed E-state index contributed by atoms with van der Waals surface area (Å²) in [4.78, 5) is 14.7. The summed E-state index contributed by atoms with van der Waals surface area (Å²) in [5.41, 5.74) is 0.818. The van der Waals surface area contributed by atoms with Gasteiger partial charge in [-0.25, -0.2) is 4.79 Å². The van der Waals surface area contributed by atoms with Gasteiger partial charge in [-0.15, -0.1) is 5.10 Å². The van der Waals surface area contributed by atoms with Crippen molar-refractivity contribution in [2.45, 2.75) is 0 Å². The van der Waals surface area contributed by atoms with Gasteiger partial charge in [0.2, 0.25) is 0 Å². The Labute approximate surface area is 124 Å². The number of para-hydroxylation sites is 1. The van der Waals surface area contributed by atoms with E-state index in [0.29, 0.717) is 27.1 Å². The Kier molecular flexibility index (Phi) is 3.34. The molecule has 3 aromatic rings. The van der Waals surface area contributed by atoms with Gasteiger partial charge < -0.3 is 0 Å². The Morgan fingerprint density at radius 3 is 2.30 bits per heavy atom. The lowest BCUT2D eigenvalue weighted by Gasteiger charge is -2.01. The molecule has 2 aromatic carbocycles. The fraction of sp³-hybridized carbons (Fsp3) is 0. The minimum Gasteiger partial charge on any atom is -0.288 e. The van der Waals surface area contributed by atoms with Crippen molar-refractivity contribution in [3.05, 3.63) is 69.1 Å². The number of rotatable bonds is 2. The smallest absolute Gasteiger partial charge is 0.288 e. The van der Waals surface area contributed by atoms with E-state index in [1.807, 2.05) is 12.1 Å². The second-order valence-electron chi connectivity index (χ2n) is 4.12. The van der Waals surface area contributed by atoms with Crippen LogP contribution in [0.2, 0.25) is 10.0 Å². The van der Waals surface area contributed by atoms with E-state index in [2.05, 4.69) is 10.1 Å². The topological polar surface area (TPSA) is 50.7 Å². The molecular weight excluding hydrogens is 297 g/mol. The Bertz CT molecular complexity index is 823. The molecule has 100 valence electrons. The quantitative estimate of drug-likeness (QED) is 0.787. The van der Waals surface area contributed by atoms with Crippen molar-refractivity contribution in [2.75, 3.05) is 0 Å². The third-order valence-corrected chi connectivity index (χ3v) is 3.48. The molecule has 0 spiro atoms. The molecule has 0 atom stereocenters. The zero-order valence-corrected chi connectivity index (χ0v) is 11.7. The highest BCUT2D eigenvalue weighted by atomic mass is 35.5. The van der Waals surface area contributed by atoms with Gasteiger partial charge in [0.05, 0.1) is 15.7 Å². The van der Waals surface area contributed by atoms with Crippen molar-refractivity contribution in [3.8, 4) is 17.1 Å². The summed E-state index contributed by atoms with van der Waals surface area (Å²) in [6, 6.07) is 14.2. The van der Waals surface area contributed by atoms with E-state index in [1.165, 1.54) is 4.68 Å². The number of H-pyrrole nitrogens is 1. The highest BCUT2D eigenvalue weighted by molar-refractivity contribution is 6.33. The summed E-state index contributed by atoms with van der Waals surface area (Å²) >= 11 is 12.2. The molecule has 1 aromatic heterocycles. The molecular formula is C14H9Cl2N3O. The van der Waals surface area contributed by atoms with Crippen LogP contribution in [0.4, 0.5) is 0 Å². The summed E-state index contributed by atoms with van der Waals surface area (Å²) in [5, 5.41) is 5.22. The van der Waals surface area contributed by atoms with Gasteiger partial charge >= 0.3 is 5.69 Å². The maximum atomic E-state index is 12.0. The Morgan fingerprint density at radius 2 is 1.60 bits per heavy atom. The van der Waals surface area contributed by atoms with E-state index in [0.717, 1.165) is 0 Å². The van der Waals surface area contributed by atoms with Crippen LogP contribution >= 0.6 is 23.2 Å².